The predicted molar refractivity (Wildman–Crippen MR) is 193 cm³/mol. The third kappa shape index (κ3) is 7.22. The molecule has 4 nitrogen and oxygen atoms in total. The van der Waals surface area contributed by atoms with Gasteiger partial charge < -0.3 is 9.53 Å². The highest BCUT2D eigenvalue weighted by Crippen LogP contribution is 2.51. The Balaban J connectivity index is 1.88. The molecule has 0 aliphatic heterocycles. The molecule has 3 aromatic rings. The normalized spacial score (nSPS) is 16.1. The van der Waals surface area contributed by atoms with Crippen LogP contribution >= 0.6 is 0 Å². The van der Waals surface area contributed by atoms with Crippen LogP contribution in [0.1, 0.15) is 92.8 Å². The molecule has 0 saturated carbocycles. The van der Waals surface area contributed by atoms with E-state index in [9.17, 15) is 18.5 Å². The minimum Gasteiger partial charge on any atom is -0.481 e. The Hall–Kier alpha value is -3.13. The number of rotatable bonds is 10. The minimum absolute atomic E-state index is 0.0910. The van der Waals surface area contributed by atoms with E-state index in [0.717, 1.165) is 55.8 Å². The van der Waals surface area contributed by atoms with Crippen molar-refractivity contribution in [1.29, 1.82) is 0 Å². The van der Waals surface area contributed by atoms with E-state index in [1.807, 2.05) is 50.3 Å². The number of carbonyl (C=O) groups is 1. The quantitative estimate of drug-likeness (QED) is 0.220. The van der Waals surface area contributed by atoms with Gasteiger partial charge in [-0.15, -0.1) is 0 Å². The van der Waals surface area contributed by atoms with Gasteiger partial charge in [-0.05, 0) is 131 Å². The van der Waals surface area contributed by atoms with Crippen LogP contribution in [-0.2, 0) is 25.4 Å². The average molecular weight is 661 g/mol. The molecule has 3 aromatic carbocycles. The molecule has 1 aliphatic carbocycles. The molecule has 7 heteroatoms. The van der Waals surface area contributed by atoms with Crippen molar-refractivity contribution in [2.24, 2.45) is 0 Å². The van der Waals surface area contributed by atoms with E-state index in [2.05, 4.69) is 60.7 Å². The molecule has 1 N–H and O–H groups in total. The molecule has 0 spiro atoms. The summed E-state index contributed by atoms with van der Waals surface area (Å²) in [6.45, 7) is 22.1. The van der Waals surface area contributed by atoms with Crippen molar-refractivity contribution in [2.75, 3.05) is 12.9 Å². The van der Waals surface area contributed by atoms with E-state index in [0.29, 0.717) is 17.7 Å². The van der Waals surface area contributed by atoms with E-state index in [1.165, 1.54) is 12.1 Å². The highest BCUT2D eigenvalue weighted by molar-refractivity contribution is 7.84. The summed E-state index contributed by atoms with van der Waals surface area (Å²) < 4.78 is 33.4. The Labute approximate surface area is 278 Å². The zero-order valence-electron chi connectivity index (χ0n) is 29.2. The van der Waals surface area contributed by atoms with Gasteiger partial charge in [-0.2, -0.15) is 0 Å². The second kappa shape index (κ2) is 13.2. The lowest BCUT2D eigenvalue weighted by Crippen LogP contribution is -2.41. The summed E-state index contributed by atoms with van der Waals surface area (Å²) in [5, 5.41) is 11.1. The molecule has 0 saturated heterocycles. The number of aliphatic carboxylic acids is 1. The molecule has 246 valence electrons. The SMILES string of the molecule is CC1=C(C(C(=O)O)c2cc(C)cc(C)c2C(C)(C)CCO[Si](C)(C)C(C)(C)C)c2cc(F)ccc2/C1=C/c1ccc(S(C)=O)cc1. The molecule has 4 rings (SSSR count). The number of fused-ring (bicyclic) bond motifs is 1. The first-order valence-corrected chi connectivity index (χ1v) is 20.4. The molecule has 46 heavy (non-hydrogen) atoms. The summed E-state index contributed by atoms with van der Waals surface area (Å²) in [4.78, 5) is 14.2. The monoisotopic (exact) mass is 660 g/mol. The van der Waals surface area contributed by atoms with Crippen LogP contribution in [-0.4, -0.2) is 36.5 Å². The molecule has 0 radical (unpaired) electrons. The lowest BCUT2D eigenvalue weighted by atomic mass is 9.72. The Kier molecular flexibility index (Phi) is 10.2. The Morgan fingerprint density at radius 3 is 2.17 bits per heavy atom. The summed E-state index contributed by atoms with van der Waals surface area (Å²) in [7, 11) is -3.06. The number of halogens is 1. The standard InChI is InChI=1S/C39H49FO4SSi/c1-24-20-25(2)36(39(7,8)18-19-44-46(10,11)38(4,5)6)33(21-24)35(37(41)42)34-26(3)31(30-17-14-28(40)23-32(30)34)22-27-12-15-29(16-13-27)45(9)43/h12-17,20-23,35H,18-19H2,1-11H3,(H,41,42)/b31-22+. The first kappa shape index (κ1) is 35.7. The smallest absolute Gasteiger partial charge is 0.315 e. The largest absolute Gasteiger partial charge is 0.481 e. The zero-order chi connectivity index (χ0) is 34.4. The summed E-state index contributed by atoms with van der Waals surface area (Å²) in [6.07, 6.45) is 4.38. The van der Waals surface area contributed by atoms with Crippen LogP contribution in [0.4, 0.5) is 4.39 Å². The van der Waals surface area contributed by atoms with Gasteiger partial charge in [-0.25, -0.2) is 4.39 Å². The third-order valence-corrected chi connectivity index (χ3v) is 15.4. The second-order valence-corrected chi connectivity index (χ2v) is 21.1. The van der Waals surface area contributed by atoms with Gasteiger partial charge in [-0.1, -0.05) is 70.5 Å². The van der Waals surface area contributed by atoms with E-state index in [4.69, 9.17) is 4.43 Å². The summed E-state index contributed by atoms with van der Waals surface area (Å²) in [6, 6.07) is 16.2. The van der Waals surface area contributed by atoms with E-state index < -0.39 is 36.8 Å². The minimum atomic E-state index is -1.96. The molecule has 0 bridgehead atoms. The van der Waals surface area contributed by atoms with Gasteiger partial charge >= 0.3 is 5.97 Å². The number of carboxylic acids is 1. The number of allylic oxidation sites excluding steroid dienone is 2. The number of benzene rings is 3. The maximum absolute atomic E-state index is 14.9. The van der Waals surface area contributed by atoms with Gasteiger partial charge in [0.2, 0.25) is 0 Å². The topological polar surface area (TPSA) is 63.6 Å². The maximum atomic E-state index is 14.9. The molecule has 0 amide bonds. The molecule has 0 heterocycles. The van der Waals surface area contributed by atoms with Crippen molar-refractivity contribution in [3.8, 4) is 0 Å². The highest BCUT2D eigenvalue weighted by Gasteiger charge is 2.40. The van der Waals surface area contributed by atoms with E-state index >= 15 is 0 Å². The van der Waals surface area contributed by atoms with Crippen molar-refractivity contribution >= 4 is 42.3 Å². The fraction of sp³-hybridized carbons (Fsp3) is 0.410. The van der Waals surface area contributed by atoms with Crippen LogP contribution < -0.4 is 0 Å². The second-order valence-electron chi connectivity index (χ2n) is 14.9. The van der Waals surface area contributed by atoms with Crippen LogP contribution in [0, 0.1) is 19.7 Å². The Bertz CT molecular complexity index is 1740. The maximum Gasteiger partial charge on any atom is 0.315 e. The summed E-state index contributed by atoms with van der Waals surface area (Å²) >= 11 is 0. The number of carboxylic acid groups (broad SMARTS) is 1. The van der Waals surface area contributed by atoms with Crippen molar-refractivity contribution in [3.63, 3.8) is 0 Å². The molecular weight excluding hydrogens is 612 g/mol. The van der Waals surface area contributed by atoms with Gasteiger partial charge in [0.05, 0.1) is 0 Å². The van der Waals surface area contributed by atoms with Crippen molar-refractivity contribution < 1.29 is 22.9 Å². The lowest BCUT2D eigenvalue weighted by Gasteiger charge is -2.38. The van der Waals surface area contributed by atoms with Crippen LogP contribution in [0.15, 0.2) is 65.1 Å². The van der Waals surface area contributed by atoms with Crippen LogP contribution in [0.5, 0.6) is 0 Å². The van der Waals surface area contributed by atoms with Crippen molar-refractivity contribution in [2.45, 2.75) is 96.2 Å². The molecule has 0 fully saturated rings. The zero-order valence-corrected chi connectivity index (χ0v) is 31.0. The lowest BCUT2D eigenvalue weighted by molar-refractivity contribution is -0.137. The predicted octanol–water partition coefficient (Wildman–Crippen LogP) is 10.1. The van der Waals surface area contributed by atoms with Gasteiger partial charge in [0, 0.05) is 28.6 Å². The molecule has 2 atom stereocenters. The Morgan fingerprint density at radius 1 is 0.978 bits per heavy atom. The average Bonchev–Trinajstić information content (AvgIpc) is 3.17. The van der Waals surface area contributed by atoms with Gasteiger partial charge in [0.25, 0.3) is 0 Å². The number of hydrogen-bond acceptors (Lipinski definition) is 3. The number of hydrogen-bond donors (Lipinski definition) is 1. The highest BCUT2D eigenvalue weighted by atomic mass is 32.2. The fourth-order valence-electron chi connectivity index (χ4n) is 6.47. The van der Waals surface area contributed by atoms with Gasteiger partial charge in [-0.3, -0.25) is 9.00 Å². The number of aryl methyl sites for hydroxylation is 2. The van der Waals surface area contributed by atoms with Crippen LogP contribution in [0.25, 0.3) is 17.2 Å². The fourth-order valence-corrected chi connectivity index (χ4v) is 8.04. The summed E-state index contributed by atoms with van der Waals surface area (Å²) in [5.74, 6) is -2.39. The molecule has 1 aliphatic rings. The van der Waals surface area contributed by atoms with Crippen LogP contribution in [0.2, 0.25) is 18.1 Å². The van der Waals surface area contributed by atoms with Gasteiger partial charge in [0.15, 0.2) is 8.32 Å². The molecule has 2 unspecified atom stereocenters. The first-order valence-electron chi connectivity index (χ1n) is 15.9. The van der Waals surface area contributed by atoms with Crippen molar-refractivity contribution in [3.05, 3.63) is 105 Å². The third-order valence-electron chi connectivity index (χ3n) is 9.92. The van der Waals surface area contributed by atoms with Crippen LogP contribution in [0.3, 0.4) is 0 Å². The van der Waals surface area contributed by atoms with E-state index in [1.54, 1.807) is 12.3 Å². The first-order chi connectivity index (χ1) is 21.2. The molecular formula is C39H49FO4SSi. The van der Waals surface area contributed by atoms with Crippen molar-refractivity contribution in [1.82, 2.24) is 0 Å². The Morgan fingerprint density at radius 2 is 1.61 bits per heavy atom. The van der Waals surface area contributed by atoms with E-state index in [-0.39, 0.29) is 10.5 Å². The molecule has 0 aromatic heterocycles. The summed E-state index contributed by atoms with van der Waals surface area (Å²) in [5.41, 5.74) is 7.94. The van der Waals surface area contributed by atoms with Gasteiger partial charge in [0.1, 0.15) is 11.7 Å².